The molecule has 1 aromatic carbocycles. The van der Waals surface area contributed by atoms with E-state index in [2.05, 4.69) is 35.6 Å². The summed E-state index contributed by atoms with van der Waals surface area (Å²) < 4.78 is 16.3. The van der Waals surface area contributed by atoms with Crippen LogP contribution in [0.4, 0.5) is 4.39 Å². The minimum absolute atomic E-state index is 0.196. The van der Waals surface area contributed by atoms with Gasteiger partial charge in [0.25, 0.3) is 0 Å². The number of likely N-dealkylation sites (tertiary alicyclic amines) is 1. The summed E-state index contributed by atoms with van der Waals surface area (Å²) in [5, 5.41) is 3.49. The van der Waals surface area contributed by atoms with Crippen molar-refractivity contribution in [2.45, 2.75) is 78.2 Å². The third-order valence-electron chi connectivity index (χ3n) is 7.42. The van der Waals surface area contributed by atoms with E-state index in [0.29, 0.717) is 11.5 Å². The zero-order valence-corrected chi connectivity index (χ0v) is 19.8. The van der Waals surface area contributed by atoms with Crippen molar-refractivity contribution in [2.75, 3.05) is 32.7 Å². The van der Waals surface area contributed by atoms with Gasteiger partial charge in [0.05, 0.1) is 11.0 Å². The second-order valence-electron chi connectivity index (χ2n) is 10.7. The molecule has 2 aromatic rings. The Kier molecular flexibility index (Phi) is 7.33. The molecule has 0 radical (unpaired) electrons. The number of hydrogen-bond acceptors (Lipinski definition) is 3. The van der Waals surface area contributed by atoms with Crippen molar-refractivity contribution in [3.63, 3.8) is 0 Å². The monoisotopic (exact) mass is 428 g/mol. The third kappa shape index (κ3) is 5.67. The number of hydrogen-bond donors (Lipinski definition) is 1. The van der Waals surface area contributed by atoms with Gasteiger partial charge in [-0.25, -0.2) is 9.37 Å². The Hall–Kier alpha value is -1.46. The van der Waals surface area contributed by atoms with Crippen LogP contribution in [0.25, 0.3) is 11.0 Å². The quantitative estimate of drug-likeness (QED) is 0.558. The van der Waals surface area contributed by atoms with E-state index in [1.807, 2.05) is 6.07 Å². The molecule has 1 unspecified atom stereocenters. The first-order valence-corrected chi connectivity index (χ1v) is 12.5. The van der Waals surface area contributed by atoms with Crippen LogP contribution in [-0.2, 0) is 6.42 Å². The van der Waals surface area contributed by atoms with Gasteiger partial charge in [-0.15, -0.1) is 0 Å². The van der Waals surface area contributed by atoms with E-state index >= 15 is 0 Å². The molecule has 2 heterocycles. The van der Waals surface area contributed by atoms with E-state index < -0.39 is 0 Å². The Labute approximate surface area is 187 Å². The van der Waals surface area contributed by atoms with E-state index in [-0.39, 0.29) is 5.82 Å². The molecule has 0 amide bonds. The summed E-state index contributed by atoms with van der Waals surface area (Å²) in [6.07, 6.45) is 9.90. The molecular formula is C26H41FN4. The van der Waals surface area contributed by atoms with Crippen LogP contribution in [0, 0.1) is 17.2 Å². The summed E-state index contributed by atoms with van der Waals surface area (Å²) in [4.78, 5) is 7.54. The van der Waals surface area contributed by atoms with E-state index in [9.17, 15) is 4.39 Å². The molecule has 0 bridgehead atoms. The first-order valence-electron chi connectivity index (χ1n) is 12.5. The van der Waals surface area contributed by atoms with Crippen molar-refractivity contribution in [3.8, 4) is 0 Å². The van der Waals surface area contributed by atoms with E-state index in [0.717, 1.165) is 74.6 Å². The van der Waals surface area contributed by atoms with Crippen LogP contribution in [0.5, 0.6) is 0 Å². The highest BCUT2D eigenvalue weighted by Gasteiger charge is 2.31. The van der Waals surface area contributed by atoms with Crippen molar-refractivity contribution < 1.29 is 4.39 Å². The fraction of sp³-hybridized carbons (Fsp3) is 0.731. The number of fused-ring (bicyclic) bond motifs is 1. The van der Waals surface area contributed by atoms with Crippen LogP contribution >= 0.6 is 0 Å². The summed E-state index contributed by atoms with van der Waals surface area (Å²) in [7, 11) is 0. The topological polar surface area (TPSA) is 33.1 Å². The second-order valence-corrected chi connectivity index (χ2v) is 10.7. The molecule has 31 heavy (non-hydrogen) atoms. The molecule has 2 aliphatic rings. The molecule has 2 fully saturated rings. The zero-order chi connectivity index (χ0) is 21.8. The summed E-state index contributed by atoms with van der Waals surface area (Å²) in [5.41, 5.74) is 2.42. The number of piperidine rings is 1. The Bertz CT molecular complexity index is 850. The van der Waals surface area contributed by atoms with Crippen molar-refractivity contribution in [1.29, 1.82) is 0 Å². The summed E-state index contributed by atoms with van der Waals surface area (Å²) in [6.45, 7) is 12.6. The first-order chi connectivity index (χ1) is 14.9. The van der Waals surface area contributed by atoms with Crippen LogP contribution in [-0.4, -0.2) is 47.2 Å². The number of halogens is 1. The maximum Gasteiger partial charge on any atom is 0.125 e. The molecule has 4 nitrogen and oxygen atoms in total. The number of nitrogens with one attached hydrogen (secondary N) is 1. The molecule has 172 valence electrons. The lowest BCUT2D eigenvalue weighted by molar-refractivity contribution is 0.109. The van der Waals surface area contributed by atoms with Gasteiger partial charge in [-0.05, 0) is 68.5 Å². The van der Waals surface area contributed by atoms with E-state index in [1.54, 1.807) is 12.1 Å². The lowest BCUT2D eigenvalue weighted by Gasteiger charge is -2.40. The van der Waals surface area contributed by atoms with Crippen LogP contribution in [0.3, 0.4) is 0 Å². The standard InChI is InChI=1S/C26H41FN4/c1-4-13-28-14-9-25-29-23-17-21(27)7-8-24(23)31(25)22-10-15-30(16-11-22)19-20-6-5-12-26(2,3)18-20/h7-8,17,20,22,28H,4-6,9-16,18-19H2,1-3H3. The molecule has 4 rings (SSSR count). The number of benzene rings is 1. The minimum atomic E-state index is -0.196. The predicted molar refractivity (Wildman–Crippen MR) is 127 cm³/mol. The molecule has 1 aliphatic heterocycles. The lowest BCUT2D eigenvalue weighted by Crippen LogP contribution is -2.40. The fourth-order valence-electron chi connectivity index (χ4n) is 5.94. The smallest absolute Gasteiger partial charge is 0.125 e. The van der Waals surface area contributed by atoms with Crippen molar-refractivity contribution in [1.82, 2.24) is 19.8 Å². The minimum Gasteiger partial charge on any atom is -0.325 e. The Morgan fingerprint density at radius 1 is 1.16 bits per heavy atom. The Balaban J connectivity index is 1.42. The molecule has 1 atom stereocenters. The molecule has 5 heteroatoms. The van der Waals surface area contributed by atoms with E-state index in [1.165, 1.54) is 32.2 Å². The molecule has 1 aromatic heterocycles. The Morgan fingerprint density at radius 2 is 1.97 bits per heavy atom. The number of aromatic nitrogens is 2. The average molecular weight is 429 g/mol. The van der Waals surface area contributed by atoms with Crippen molar-refractivity contribution in [3.05, 3.63) is 29.8 Å². The van der Waals surface area contributed by atoms with Gasteiger partial charge < -0.3 is 14.8 Å². The van der Waals surface area contributed by atoms with Gasteiger partial charge in [0.1, 0.15) is 11.6 Å². The Morgan fingerprint density at radius 3 is 2.71 bits per heavy atom. The maximum atomic E-state index is 13.8. The lowest BCUT2D eigenvalue weighted by atomic mass is 9.72. The van der Waals surface area contributed by atoms with Crippen molar-refractivity contribution in [2.24, 2.45) is 11.3 Å². The second kappa shape index (κ2) is 9.99. The van der Waals surface area contributed by atoms with Crippen LogP contribution in [0.1, 0.15) is 77.6 Å². The highest BCUT2D eigenvalue weighted by Crippen LogP contribution is 2.39. The van der Waals surface area contributed by atoms with Crippen molar-refractivity contribution >= 4 is 11.0 Å². The summed E-state index contributed by atoms with van der Waals surface area (Å²) in [5.74, 6) is 1.77. The average Bonchev–Trinajstić information content (AvgIpc) is 3.08. The van der Waals surface area contributed by atoms with Gasteiger partial charge in [0, 0.05) is 44.7 Å². The van der Waals surface area contributed by atoms with Gasteiger partial charge in [0.2, 0.25) is 0 Å². The van der Waals surface area contributed by atoms with Crippen LogP contribution < -0.4 is 5.32 Å². The van der Waals surface area contributed by atoms with Gasteiger partial charge in [0.15, 0.2) is 0 Å². The fourth-order valence-corrected chi connectivity index (χ4v) is 5.94. The first kappa shape index (κ1) is 22.7. The summed E-state index contributed by atoms with van der Waals surface area (Å²) in [6, 6.07) is 5.57. The highest BCUT2D eigenvalue weighted by molar-refractivity contribution is 5.76. The van der Waals surface area contributed by atoms with Crippen LogP contribution in [0.15, 0.2) is 18.2 Å². The summed E-state index contributed by atoms with van der Waals surface area (Å²) >= 11 is 0. The van der Waals surface area contributed by atoms with Gasteiger partial charge >= 0.3 is 0 Å². The molecular weight excluding hydrogens is 387 g/mol. The van der Waals surface area contributed by atoms with Crippen LogP contribution in [0.2, 0.25) is 0 Å². The molecule has 1 aliphatic carbocycles. The molecule has 0 spiro atoms. The van der Waals surface area contributed by atoms with Gasteiger partial charge in [-0.1, -0.05) is 27.2 Å². The van der Waals surface area contributed by atoms with Gasteiger partial charge in [-0.2, -0.15) is 0 Å². The number of imidazole rings is 1. The largest absolute Gasteiger partial charge is 0.325 e. The third-order valence-corrected chi connectivity index (χ3v) is 7.42. The number of rotatable bonds is 8. The molecule has 1 saturated heterocycles. The van der Waals surface area contributed by atoms with Gasteiger partial charge in [-0.3, -0.25) is 0 Å². The predicted octanol–water partition coefficient (Wildman–Crippen LogP) is 5.57. The SMILES string of the molecule is CCCNCCc1nc2cc(F)ccc2n1C1CCN(CC2CCCC(C)(C)C2)CC1. The number of nitrogens with zero attached hydrogens (tertiary/aromatic N) is 3. The van der Waals surface area contributed by atoms with E-state index in [4.69, 9.17) is 4.98 Å². The zero-order valence-electron chi connectivity index (χ0n) is 19.8. The normalized spacial score (nSPS) is 22.9. The molecule has 1 saturated carbocycles. The molecule has 1 N–H and O–H groups in total. The maximum absolute atomic E-state index is 13.8. The highest BCUT2D eigenvalue weighted by atomic mass is 19.1.